The molecule has 5 nitrogen and oxygen atoms in total. The van der Waals surface area contributed by atoms with Crippen molar-refractivity contribution >= 4 is 28.7 Å². The molecule has 0 aliphatic carbocycles. The Morgan fingerprint density at radius 1 is 1.35 bits per heavy atom. The van der Waals surface area contributed by atoms with Crippen molar-refractivity contribution in [2.24, 2.45) is 7.05 Å². The number of nitrogens with zero attached hydrogens (tertiary/aromatic N) is 4. The van der Waals surface area contributed by atoms with Crippen LogP contribution in [0.25, 0.3) is 10.7 Å². The Kier molecular flexibility index (Phi) is 3.89. The van der Waals surface area contributed by atoms with E-state index in [1.165, 1.54) is 12.8 Å². The summed E-state index contributed by atoms with van der Waals surface area (Å²) in [5.74, 6) is 0.904. The molecule has 1 N–H and O–H groups in total. The van der Waals surface area contributed by atoms with Gasteiger partial charge >= 0.3 is 0 Å². The van der Waals surface area contributed by atoms with E-state index in [2.05, 4.69) is 22.0 Å². The lowest BCUT2D eigenvalue weighted by molar-refractivity contribution is 0.868. The molecule has 0 aromatic carbocycles. The quantitative estimate of drug-likeness (QED) is 0.882. The highest BCUT2D eigenvalue weighted by molar-refractivity contribution is 7.71. The molecular weight excluding hydrogens is 290 g/mol. The largest absolute Gasteiger partial charge is 0.348 e. The van der Waals surface area contributed by atoms with Gasteiger partial charge in [-0.2, -0.15) is 5.10 Å². The molecule has 0 atom stereocenters. The molecule has 1 aliphatic heterocycles. The number of anilines is 1. The van der Waals surface area contributed by atoms with Crippen molar-refractivity contribution in [2.45, 2.75) is 32.6 Å². The smallest absolute Gasteiger partial charge is 0.195 e. The summed E-state index contributed by atoms with van der Waals surface area (Å²) in [6.45, 7) is 4.43. The zero-order chi connectivity index (χ0) is 14.1. The zero-order valence-corrected chi connectivity index (χ0v) is 13.5. The molecule has 0 amide bonds. The van der Waals surface area contributed by atoms with Gasteiger partial charge in [0.05, 0.1) is 10.6 Å². The van der Waals surface area contributed by atoms with Crippen LogP contribution in [0, 0.1) is 4.77 Å². The average Bonchev–Trinajstić information content (AvgIpc) is 3.13. The van der Waals surface area contributed by atoms with Crippen molar-refractivity contribution in [2.75, 3.05) is 18.0 Å². The fraction of sp³-hybridized carbons (Fsp3) is 0.615. The van der Waals surface area contributed by atoms with Crippen LogP contribution in [0.1, 0.15) is 31.9 Å². The first-order valence-electron chi connectivity index (χ1n) is 7.07. The number of aryl methyl sites for hydroxylation is 1. The van der Waals surface area contributed by atoms with Gasteiger partial charge in [-0.15, -0.1) is 0 Å². The van der Waals surface area contributed by atoms with E-state index in [9.17, 15) is 0 Å². The van der Waals surface area contributed by atoms with Gasteiger partial charge in [-0.25, -0.2) is 4.98 Å². The van der Waals surface area contributed by atoms with Crippen molar-refractivity contribution in [1.29, 1.82) is 0 Å². The number of hydrogen-bond donors (Lipinski definition) is 1. The summed E-state index contributed by atoms with van der Waals surface area (Å²) in [4.78, 5) is 8.39. The third-order valence-electron chi connectivity index (χ3n) is 3.63. The number of aromatic amines is 1. The topological polar surface area (TPSA) is 49.7 Å². The molecule has 3 rings (SSSR count). The highest BCUT2D eigenvalue weighted by Crippen LogP contribution is 2.35. The molecule has 7 heteroatoms. The van der Waals surface area contributed by atoms with Gasteiger partial charge in [0.1, 0.15) is 0 Å². The molecule has 2 aromatic rings. The Hall–Kier alpha value is -1.21. The maximum absolute atomic E-state index is 5.21. The predicted octanol–water partition coefficient (Wildman–Crippen LogP) is 3.15. The third-order valence-corrected chi connectivity index (χ3v) is 5.15. The van der Waals surface area contributed by atoms with Crippen LogP contribution in [0.3, 0.4) is 0 Å². The first-order valence-corrected chi connectivity index (χ1v) is 8.29. The van der Waals surface area contributed by atoms with Crippen molar-refractivity contribution in [3.05, 3.63) is 10.5 Å². The van der Waals surface area contributed by atoms with Crippen molar-refractivity contribution < 1.29 is 0 Å². The van der Waals surface area contributed by atoms with Crippen LogP contribution in [0.15, 0.2) is 0 Å². The summed E-state index contributed by atoms with van der Waals surface area (Å²) in [7, 11) is 1.95. The van der Waals surface area contributed by atoms with Gasteiger partial charge in [0.2, 0.25) is 0 Å². The van der Waals surface area contributed by atoms with Crippen molar-refractivity contribution in [3.63, 3.8) is 0 Å². The summed E-state index contributed by atoms with van der Waals surface area (Å²) >= 11 is 6.96. The Bertz CT molecular complexity index is 648. The summed E-state index contributed by atoms with van der Waals surface area (Å²) < 4.78 is 2.58. The molecule has 20 heavy (non-hydrogen) atoms. The summed E-state index contributed by atoms with van der Waals surface area (Å²) in [6.07, 6.45) is 4.61. The molecule has 3 heterocycles. The fourth-order valence-corrected chi connectivity index (χ4v) is 3.84. The molecular formula is C13H19N5S2. The lowest BCUT2D eigenvalue weighted by Crippen LogP contribution is -2.17. The summed E-state index contributed by atoms with van der Waals surface area (Å²) in [5.41, 5.74) is 1.15. The SMILES string of the molecule is CCCc1nc(N2CCCC2)sc1-c1n[nH]c(=S)n1C. The second kappa shape index (κ2) is 5.65. The van der Waals surface area contributed by atoms with E-state index in [0.29, 0.717) is 4.77 Å². The Morgan fingerprint density at radius 3 is 2.70 bits per heavy atom. The minimum absolute atomic E-state index is 0.651. The maximum Gasteiger partial charge on any atom is 0.195 e. The molecule has 1 saturated heterocycles. The van der Waals surface area contributed by atoms with Gasteiger partial charge < -0.3 is 9.47 Å². The van der Waals surface area contributed by atoms with Crippen LogP contribution in [0.2, 0.25) is 0 Å². The fourth-order valence-electron chi connectivity index (χ4n) is 2.51. The minimum atomic E-state index is 0.651. The van der Waals surface area contributed by atoms with Crippen molar-refractivity contribution in [3.8, 4) is 10.7 Å². The summed E-state index contributed by atoms with van der Waals surface area (Å²) in [5, 5.41) is 8.36. The molecule has 1 fully saturated rings. The number of thiazole rings is 1. The Balaban J connectivity index is 2.03. The molecule has 0 unspecified atom stereocenters. The van der Waals surface area contributed by atoms with Crippen molar-refractivity contribution in [1.82, 2.24) is 19.7 Å². The normalized spacial score (nSPS) is 15.2. The van der Waals surface area contributed by atoms with Crippen LogP contribution in [-0.4, -0.2) is 32.8 Å². The number of H-pyrrole nitrogens is 1. The van der Waals surface area contributed by atoms with Gasteiger partial charge in [-0.1, -0.05) is 24.7 Å². The number of nitrogens with one attached hydrogen (secondary N) is 1. The predicted molar refractivity (Wildman–Crippen MR) is 84.9 cm³/mol. The monoisotopic (exact) mass is 309 g/mol. The molecule has 0 saturated carbocycles. The van der Waals surface area contributed by atoms with E-state index in [-0.39, 0.29) is 0 Å². The van der Waals surface area contributed by atoms with E-state index in [1.807, 2.05) is 11.6 Å². The zero-order valence-electron chi connectivity index (χ0n) is 11.8. The van der Waals surface area contributed by atoms with E-state index in [0.717, 1.165) is 47.5 Å². The summed E-state index contributed by atoms with van der Waals surface area (Å²) in [6, 6.07) is 0. The molecule has 0 radical (unpaired) electrons. The van der Waals surface area contributed by atoms with Crippen LogP contribution in [0.5, 0.6) is 0 Å². The van der Waals surface area contributed by atoms with Crippen LogP contribution < -0.4 is 4.90 Å². The lowest BCUT2D eigenvalue weighted by atomic mass is 10.2. The van der Waals surface area contributed by atoms with E-state index in [4.69, 9.17) is 17.2 Å². The van der Waals surface area contributed by atoms with Gasteiger partial charge in [0.15, 0.2) is 15.7 Å². The number of rotatable bonds is 4. The Labute approximate surface area is 127 Å². The molecule has 2 aromatic heterocycles. The number of hydrogen-bond acceptors (Lipinski definition) is 5. The van der Waals surface area contributed by atoms with E-state index >= 15 is 0 Å². The van der Waals surface area contributed by atoms with Crippen LogP contribution in [-0.2, 0) is 13.5 Å². The van der Waals surface area contributed by atoms with E-state index < -0.39 is 0 Å². The van der Waals surface area contributed by atoms with Gasteiger partial charge in [-0.3, -0.25) is 5.10 Å². The van der Waals surface area contributed by atoms with Crippen LogP contribution in [0.4, 0.5) is 5.13 Å². The van der Waals surface area contributed by atoms with Gasteiger partial charge in [0, 0.05) is 20.1 Å². The highest BCUT2D eigenvalue weighted by Gasteiger charge is 2.21. The maximum atomic E-state index is 5.21. The number of aromatic nitrogens is 4. The molecule has 1 aliphatic rings. The Morgan fingerprint density at radius 2 is 2.10 bits per heavy atom. The average molecular weight is 309 g/mol. The van der Waals surface area contributed by atoms with Crippen LogP contribution >= 0.6 is 23.6 Å². The van der Waals surface area contributed by atoms with Gasteiger partial charge in [0.25, 0.3) is 0 Å². The first kappa shape index (κ1) is 13.8. The highest BCUT2D eigenvalue weighted by atomic mass is 32.1. The minimum Gasteiger partial charge on any atom is -0.348 e. The standard InChI is InChI=1S/C13H19N5S2/c1-3-6-9-10(11-15-16-12(19)17(11)2)20-13(14-9)18-7-4-5-8-18/h3-8H2,1-2H3,(H,16,19). The first-order chi connectivity index (χ1) is 9.70. The second-order valence-corrected chi connectivity index (χ2v) is 6.49. The molecule has 0 spiro atoms. The molecule has 0 bridgehead atoms. The second-order valence-electron chi connectivity index (χ2n) is 5.13. The molecule has 108 valence electrons. The van der Waals surface area contributed by atoms with E-state index in [1.54, 1.807) is 11.3 Å². The lowest BCUT2D eigenvalue weighted by Gasteiger charge is -2.12. The van der Waals surface area contributed by atoms with Gasteiger partial charge in [-0.05, 0) is 31.5 Å². The third kappa shape index (κ3) is 2.40.